The van der Waals surface area contributed by atoms with Gasteiger partial charge in [-0.2, -0.15) is 10.4 Å². The van der Waals surface area contributed by atoms with Crippen LogP contribution in [-0.4, -0.2) is 10.2 Å². The summed E-state index contributed by atoms with van der Waals surface area (Å²) in [4.78, 5) is 0. The van der Waals surface area contributed by atoms with Gasteiger partial charge in [-0.1, -0.05) is 0 Å². The number of aromatic nitrogens is 2. The molecule has 0 bridgehead atoms. The molecule has 0 spiro atoms. The summed E-state index contributed by atoms with van der Waals surface area (Å²) in [5.41, 5.74) is 0.486. The first kappa shape index (κ1) is 8.44. The van der Waals surface area contributed by atoms with Gasteiger partial charge < -0.3 is 0 Å². The van der Waals surface area contributed by atoms with Crippen molar-refractivity contribution in [3.05, 3.63) is 27.2 Å². The molecule has 1 heterocycles. The van der Waals surface area contributed by atoms with E-state index in [1.807, 2.05) is 22.6 Å². The Hall–Kier alpha value is -1.16. The summed E-state index contributed by atoms with van der Waals surface area (Å²) in [5.74, 6) is -0.518. The SMILES string of the molecule is N#Cc1c(F)ccc2c(I)n[nH]c12. The third kappa shape index (κ3) is 1.18. The smallest absolute Gasteiger partial charge is 0.143 e. The molecule has 0 aliphatic heterocycles. The summed E-state index contributed by atoms with van der Waals surface area (Å²) in [6.07, 6.45) is 0. The maximum Gasteiger partial charge on any atom is 0.143 e. The number of H-pyrrole nitrogens is 1. The van der Waals surface area contributed by atoms with Crippen molar-refractivity contribution in [3.8, 4) is 6.07 Å². The van der Waals surface area contributed by atoms with E-state index in [4.69, 9.17) is 5.26 Å². The Morgan fingerprint density at radius 3 is 3.00 bits per heavy atom. The summed E-state index contributed by atoms with van der Waals surface area (Å²) in [5, 5.41) is 16.0. The van der Waals surface area contributed by atoms with Crippen LogP contribution in [0.25, 0.3) is 10.9 Å². The lowest BCUT2D eigenvalue weighted by atomic mass is 10.1. The second-order valence-corrected chi connectivity index (χ2v) is 3.49. The first-order valence-corrected chi connectivity index (χ1v) is 4.54. The second-order valence-electron chi connectivity index (χ2n) is 2.47. The Labute approximate surface area is 86.7 Å². The van der Waals surface area contributed by atoms with Crippen molar-refractivity contribution in [2.45, 2.75) is 0 Å². The zero-order chi connectivity index (χ0) is 9.42. The molecule has 0 unspecified atom stereocenters. The Bertz CT molecular complexity index is 512. The Balaban J connectivity index is 2.95. The Kier molecular flexibility index (Phi) is 1.92. The molecule has 1 aromatic heterocycles. The zero-order valence-corrected chi connectivity index (χ0v) is 8.46. The van der Waals surface area contributed by atoms with Crippen LogP contribution in [0.15, 0.2) is 12.1 Å². The normalized spacial score (nSPS) is 10.2. The van der Waals surface area contributed by atoms with E-state index in [9.17, 15) is 4.39 Å². The lowest BCUT2D eigenvalue weighted by Gasteiger charge is -1.93. The molecule has 0 aliphatic rings. The van der Waals surface area contributed by atoms with Crippen LogP contribution < -0.4 is 0 Å². The lowest BCUT2D eigenvalue weighted by molar-refractivity contribution is 0.625. The van der Waals surface area contributed by atoms with E-state index >= 15 is 0 Å². The molecule has 0 radical (unpaired) electrons. The third-order valence-corrected chi connectivity index (χ3v) is 2.58. The van der Waals surface area contributed by atoms with Crippen LogP contribution in [0.4, 0.5) is 4.39 Å². The van der Waals surface area contributed by atoms with E-state index in [1.165, 1.54) is 6.07 Å². The molecule has 1 aromatic carbocycles. The van der Waals surface area contributed by atoms with E-state index in [-0.39, 0.29) is 5.56 Å². The minimum atomic E-state index is -0.518. The monoisotopic (exact) mass is 287 g/mol. The third-order valence-electron chi connectivity index (χ3n) is 1.75. The van der Waals surface area contributed by atoms with Gasteiger partial charge in [-0.3, -0.25) is 5.10 Å². The van der Waals surface area contributed by atoms with Crippen molar-refractivity contribution >= 4 is 33.5 Å². The molecule has 2 aromatic rings. The van der Waals surface area contributed by atoms with Gasteiger partial charge in [0.2, 0.25) is 0 Å². The number of nitrogens with zero attached hydrogens (tertiary/aromatic N) is 2. The number of aromatic amines is 1. The van der Waals surface area contributed by atoms with Gasteiger partial charge >= 0.3 is 0 Å². The number of nitrogens with one attached hydrogen (secondary N) is 1. The molecular formula is C8H3FIN3. The van der Waals surface area contributed by atoms with E-state index < -0.39 is 5.82 Å². The quantitative estimate of drug-likeness (QED) is 0.755. The van der Waals surface area contributed by atoms with E-state index in [1.54, 1.807) is 12.1 Å². The molecule has 1 N–H and O–H groups in total. The molecule has 0 saturated carbocycles. The van der Waals surface area contributed by atoms with Crippen molar-refractivity contribution in [1.82, 2.24) is 10.2 Å². The van der Waals surface area contributed by atoms with Crippen LogP contribution in [-0.2, 0) is 0 Å². The fourth-order valence-electron chi connectivity index (χ4n) is 1.14. The molecule has 2 rings (SSSR count). The van der Waals surface area contributed by atoms with Crippen LogP contribution >= 0.6 is 22.6 Å². The first-order chi connectivity index (χ1) is 6.24. The Morgan fingerprint density at radius 1 is 1.54 bits per heavy atom. The number of rotatable bonds is 0. The molecule has 0 amide bonds. The molecule has 0 atom stereocenters. The molecular weight excluding hydrogens is 284 g/mol. The molecule has 0 saturated heterocycles. The van der Waals surface area contributed by atoms with Gasteiger partial charge in [0, 0.05) is 5.39 Å². The van der Waals surface area contributed by atoms with Crippen LogP contribution in [0.3, 0.4) is 0 Å². The summed E-state index contributed by atoms with van der Waals surface area (Å²) in [6, 6.07) is 4.69. The fraction of sp³-hybridized carbons (Fsp3) is 0. The molecule has 64 valence electrons. The second kappa shape index (κ2) is 2.96. The standard InChI is InChI=1S/C8H3FIN3/c9-6-2-1-4-7(5(6)3-11)12-13-8(4)10/h1-2H,(H,12,13). The van der Waals surface area contributed by atoms with Gasteiger partial charge in [-0.05, 0) is 34.7 Å². The highest BCUT2D eigenvalue weighted by Crippen LogP contribution is 2.22. The molecule has 3 nitrogen and oxygen atoms in total. The Morgan fingerprint density at radius 2 is 2.31 bits per heavy atom. The van der Waals surface area contributed by atoms with E-state index in [2.05, 4.69) is 10.2 Å². The van der Waals surface area contributed by atoms with Crippen molar-refractivity contribution in [1.29, 1.82) is 5.26 Å². The number of fused-ring (bicyclic) bond motifs is 1. The van der Waals surface area contributed by atoms with E-state index in [0.29, 0.717) is 5.52 Å². The number of nitriles is 1. The predicted molar refractivity (Wildman–Crippen MR) is 53.5 cm³/mol. The predicted octanol–water partition coefficient (Wildman–Crippen LogP) is 2.18. The average molecular weight is 287 g/mol. The highest BCUT2D eigenvalue weighted by Gasteiger charge is 2.10. The number of benzene rings is 1. The first-order valence-electron chi connectivity index (χ1n) is 3.46. The highest BCUT2D eigenvalue weighted by atomic mass is 127. The maximum absolute atomic E-state index is 13.1. The summed E-state index contributed by atoms with van der Waals surface area (Å²) < 4.78 is 13.8. The largest absolute Gasteiger partial charge is 0.275 e. The van der Waals surface area contributed by atoms with Crippen LogP contribution in [0.1, 0.15) is 5.56 Å². The van der Waals surface area contributed by atoms with Crippen LogP contribution in [0.2, 0.25) is 0 Å². The summed E-state index contributed by atoms with van der Waals surface area (Å²) in [6.45, 7) is 0. The maximum atomic E-state index is 13.1. The number of hydrogen-bond acceptors (Lipinski definition) is 2. The van der Waals surface area contributed by atoms with Gasteiger partial charge in [-0.25, -0.2) is 4.39 Å². The van der Waals surface area contributed by atoms with Crippen molar-refractivity contribution in [2.24, 2.45) is 0 Å². The topological polar surface area (TPSA) is 52.5 Å². The molecule has 0 aliphatic carbocycles. The van der Waals surface area contributed by atoms with Gasteiger partial charge in [0.25, 0.3) is 0 Å². The number of hydrogen-bond donors (Lipinski definition) is 1. The minimum Gasteiger partial charge on any atom is -0.275 e. The zero-order valence-electron chi connectivity index (χ0n) is 6.31. The number of halogens is 2. The highest BCUT2D eigenvalue weighted by molar-refractivity contribution is 14.1. The average Bonchev–Trinajstić information content (AvgIpc) is 2.48. The molecule has 5 heteroatoms. The molecule has 0 fully saturated rings. The summed E-state index contributed by atoms with van der Waals surface area (Å²) in [7, 11) is 0. The minimum absolute atomic E-state index is 0.0212. The fourth-order valence-corrected chi connectivity index (χ4v) is 1.71. The van der Waals surface area contributed by atoms with Gasteiger partial charge in [0.15, 0.2) is 0 Å². The van der Waals surface area contributed by atoms with Gasteiger partial charge in [0.05, 0.1) is 5.52 Å². The van der Waals surface area contributed by atoms with E-state index in [0.717, 1.165) is 9.09 Å². The van der Waals surface area contributed by atoms with Gasteiger partial charge in [0.1, 0.15) is 21.2 Å². The molecule has 13 heavy (non-hydrogen) atoms. The van der Waals surface area contributed by atoms with Gasteiger partial charge in [-0.15, -0.1) is 0 Å². The van der Waals surface area contributed by atoms with Crippen molar-refractivity contribution in [2.75, 3.05) is 0 Å². The van der Waals surface area contributed by atoms with Crippen molar-refractivity contribution in [3.63, 3.8) is 0 Å². The lowest BCUT2D eigenvalue weighted by Crippen LogP contribution is -1.84. The van der Waals surface area contributed by atoms with Crippen LogP contribution in [0.5, 0.6) is 0 Å². The summed E-state index contributed by atoms with van der Waals surface area (Å²) >= 11 is 2.02. The van der Waals surface area contributed by atoms with Crippen molar-refractivity contribution < 1.29 is 4.39 Å². The van der Waals surface area contributed by atoms with Crippen LogP contribution in [0, 0.1) is 20.8 Å².